The first-order chi connectivity index (χ1) is 17.4. The van der Waals surface area contributed by atoms with Crippen LogP contribution in [0.5, 0.6) is 11.5 Å². The molecular weight excluding hydrogens is 537 g/mol. The Hall–Kier alpha value is -3.42. The summed E-state index contributed by atoms with van der Waals surface area (Å²) in [6, 6.07) is 6.74. The quantitative estimate of drug-likeness (QED) is 0.112. The molecule has 3 aromatic rings. The Morgan fingerprint density at radius 3 is 2.54 bits per heavy atom. The Morgan fingerprint density at radius 1 is 1.14 bits per heavy atom. The van der Waals surface area contributed by atoms with E-state index in [1.165, 1.54) is 6.26 Å². The lowest BCUT2D eigenvalue weighted by molar-refractivity contribution is 0.206. The van der Waals surface area contributed by atoms with E-state index in [2.05, 4.69) is 14.3 Å². The van der Waals surface area contributed by atoms with Crippen LogP contribution < -0.4 is 15.2 Å². The van der Waals surface area contributed by atoms with E-state index in [-0.39, 0.29) is 29.8 Å². The molecular formula is C23H24ClF3N4O5S. The molecule has 0 aliphatic carbocycles. The molecule has 0 aliphatic rings. The molecule has 2 aromatic carbocycles. The number of nitrogen functional groups attached to an aromatic ring is 1. The fourth-order valence-corrected chi connectivity index (χ4v) is 4.82. The third kappa shape index (κ3) is 8.03. The lowest BCUT2D eigenvalue weighted by Crippen LogP contribution is -2.13. The highest BCUT2D eigenvalue weighted by atomic mass is 35.5. The van der Waals surface area contributed by atoms with Gasteiger partial charge in [0.2, 0.25) is 5.28 Å². The van der Waals surface area contributed by atoms with Gasteiger partial charge in [0, 0.05) is 23.1 Å². The van der Waals surface area contributed by atoms with Crippen molar-refractivity contribution in [3.05, 3.63) is 64.8 Å². The number of anilines is 1. The number of nitrogens with zero attached hydrogens (tertiary/aromatic N) is 3. The number of aromatic nitrogens is 2. The summed E-state index contributed by atoms with van der Waals surface area (Å²) in [5.74, 6) is -3.26. The van der Waals surface area contributed by atoms with Gasteiger partial charge in [0.25, 0.3) is 0 Å². The predicted octanol–water partition coefficient (Wildman–Crippen LogP) is 5.39. The molecule has 0 saturated carbocycles. The van der Waals surface area contributed by atoms with Crippen LogP contribution in [0.3, 0.4) is 0 Å². The van der Waals surface area contributed by atoms with Crippen molar-refractivity contribution in [1.82, 2.24) is 9.97 Å². The molecule has 0 aliphatic heterocycles. The van der Waals surface area contributed by atoms with E-state index in [0.717, 1.165) is 18.3 Å². The zero-order valence-electron chi connectivity index (χ0n) is 19.5. The van der Waals surface area contributed by atoms with Gasteiger partial charge in [0.1, 0.15) is 11.4 Å². The highest BCUT2D eigenvalue weighted by molar-refractivity contribution is 7.98. The fraction of sp³-hybridized carbons (Fsp3) is 0.261. The van der Waals surface area contributed by atoms with Crippen LogP contribution in [0.4, 0.5) is 23.7 Å². The van der Waals surface area contributed by atoms with E-state index in [9.17, 15) is 22.5 Å². The molecule has 3 rings (SSSR count). The minimum Gasteiger partial charge on any atom is -0.494 e. The Kier molecular flexibility index (Phi) is 9.29. The third-order valence-electron chi connectivity index (χ3n) is 4.84. The van der Waals surface area contributed by atoms with Gasteiger partial charge in [-0.2, -0.15) is 4.36 Å². The van der Waals surface area contributed by atoms with Crippen LogP contribution in [0.25, 0.3) is 11.3 Å². The standard InChI is InChI=1S/C23H24ClF3N4O5S/c1-37(34,31-23(32)33)12-13-8-14(28)10-15(9-13)35-6-2-3-7-36-21-17(25)5-4-16(19(21)27)20-18(26)11-29-22(24)30-20/h4-5,8-11,37H,2-3,6-7,12,28H2,1H3,(H,31,34)(H,32,33). The number of rotatable bonds is 10. The number of unbranched alkanes of at least 4 members (excludes halogenated alkanes) is 1. The zero-order chi connectivity index (χ0) is 27.2. The van der Waals surface area contributed by atoms with Crippen LogP contribution in [0.1, 0.15) is 18.4 Å². The molecule has 1 heterocycles. The van der Waals surface area contributed by atoms with Gasteiger partial charge in [0.15, 0.2) is 23.2 Å². The Balaban J connectivity index is 1.56. The predicted molar refractivity (Wildman–Crippen MR) is 135 cm³/mol. The first-order valence-corrected chi connectivity index (χ1v) is 13.5. The van der Waals surface area contributed by atoms with Crippen LogP contribution in [-0.2, 0) is 15.9 Å². The molecule has 0 unspecified atom stereocenters. The SMILES string of the molecule is C[SH](O)(Cc1cc(N)cc(OCCCCOc2c(F)ccc(-c3nc(Cl)ncc3F)c2F)c1)=NC(=O)O. The van der Waals surface area contributed by atoms with Crippen molar-refractivity contribution in [2.24, 2.45) is 4.36 Å². The first kappa shape index (κ1) is 28.2. The van der Waals surface area contributed by atoms with Crippen molar-refractivity contribution in [2.75, 3.05) is 25.2 Å². The first-order valence-electron chi connectivity index (χ1n) is 10.8. The van der Waals surface area contributed by atoms with Gasteiger partial charge in [-0.25, -0.2) is 27.9 Å². The number of ether oxygens (including phenoxy) is 2. The molecule has 14 heteroatoms. The molecule has 1 amide bonds. The molecule has 0 radical (unpaired) electrons. The van der Waals surface area contributed by atoms with E-state index in [0.29, 0.717) is 29.8 Å². The van der Waals surface area contributed by atoms with Crippen molar-refractivity contribution in [3.8, 4) is 22.8 Å². The van der Waals surface area contributed by atoms with Gasteiger partial charge >= 0.3 is 6.09 Å². The van der Waals surface area contributed by atoms with Gasteiger partial charge < -0.3 is 24.9 Å². The molecule has 37 heavy (non-hydrogen) atoms. The maximum absolute atomic E-state index is 14.9. The second-order valence-corrected chi connectivity index (χ2v) is 11.0. The van der Waals surface area contributed by atoms with Crippen molar-refractivity contribution in [2.45, 2.75) is 18.6 Å². The fourth-order valence-electron chi connectivity index (χ4n) is 3.38. The van der Waals surface area contributed by atoms with E-state index < -0.39 is 45.1 Å². The molecule has 0 atom stereocenters. The minimum absolute atomic E-state index is 0.00977. The lowest BCUT2D eigenvalue weighted by Gasteiger charge is -2.18. The Labute approximate surface area is 216 Å². The number of halogens is 4. The second-order valence-electron chi connectivity index (χ2n) is 8.02. The van der Waals surface area contributed by atoms with E-state index >= 15 is 0 Å². The van der Waals surface area contributed by atoms with Gasteiger partial charge in [-0.05, 0) is 60.5 Å². The maximum Gasteiger partial charge on any atom is 0.437 e. The highest BCUT2D eigenvalue weighted by Crippen LogP contribution is 2.32. The summed E-state index contributed by atoms with van der Waals surface area (Å²) in [5.41, 5.74) is 6.05. The number of hydrogen-bond acceptors (Lipinski definition) is 6. The smallest absolute Gasteiger partial charge is 0.437 e. The summed E-state index contributed by atoms with van der Waals surface area (Å²) < 4.78 is 67.6. The number of carboxylic acid groups (broad SMARTS) is 1. The molecule has 0 bridgehead atoms. The summed E-state index contributed by atoms with van der Waals surface area (Å²) in [7, 11) is -3.06. The summed E-state index contributed by atoms with van der Waals surface area (Å²) in [6.07, 6.45) is 1.52. The van der Waals surface area contributed by atoms with Gasteiger partial charge in [-0.3, -0.25) is 0 Å². The number of nitrogens with two attached hydrogens (primary N) is 1. The van der Waals surface area contributed by atoms with Crippen LogP contribution in [0.15, 0.2) is 40.9 Å². The largest absolute Gasteiger partial charge is 0.494 e. The number of thiol groups is 1. The molecule has 9 nitrogen and oxygen atoms in total. The summed E-state index contributed by atoms with van der Waals surface area (Å²) in [6.45, 7) is 0.160. The number of hydrogen-bond donors (Lipinski definition) is 4. The molecule has 200 valence electrons. The van der Waals surface area contributed by atoms with E-state index in [1.54, 1.807) is 18.2 Å². The summed E-state index contributed by atoms with van der Waals surface area (Å²) in [5, 5.41) is 8.49. The normalized spacial score (nSPS) is 11.7. The van der Waals surface area contributed by atoms with Crippen molar-refractivity contribution in [1.29, 1.82) is 0 Å². The molecule has 1 aromatic heterocycles. The Bertz CT molecular complexity index is 1360. The average Bonchev–Trinajstić information content (AvgIpc) is 2.78. The second kappa shape index (κ2) is 12.2. The summed E-state index contributed by atoms with van der Waals surface area (Å²) >= 11 is 5.66. The van der Waals surface area contributed by atoms with E-state index in [1.807, 2.05) is 0 Å². The Morgan fingerprint density at radius 2 is 1.84 bits per heavy atom. The van der Waals surface area contributed by atoms with Crippen molar-refractivity contribution >= 4 is 33.5 Å². The molecule has 0 fully saturated rings. The zero-order valence-corrected chi connectivity index (χ0v) is 21.1. The molecule has 0 spiro atoms. The van der Waals surface area contributed by atoms with Gasteiger partial charge in [-0.1, -0.05) is 10.1 Å². The minimum atomic E-state index is -3.06. The van der Waals surface area contributed by atoms with E-state index in [4.69, 9.17) is 31.9 Å². The van der Waals surface area contributed by atoms with Crippen molar-refractivity contribution < 1.29 is 37.1 Å². The van der Waals surface area contributed by atoms with Crippen LogP contribution >= 0.6 is 11.6 Å². The molecule has 0 saturated heterocycles. The van der Waals surface area contributed by atoms with Gasteiger partial charge in [-0.15, -0.1) is 0 Å². The third-order valence-corrected chi connectivity index (χ3v) is 6.59. The topological polar surface area (TPSA) is 140 Å². The van der Waals surface area contributed by atoms with Crippen LogP contribution in [0.2, 0.25) is 5.28 Å². The number of amides is 1. The average molecular weight is 561 g/mol. The maximum atomic E-state index is 14.9. The lowest BCUT2D eigenvalue weighted by atomic mass is 10.1. The van der Waals surface area contributed by atoms with Gasteiger partial charge in [0.05, 0.1) is 19.4 Å². The number of carbonyl (C=O) groups is 1. The van der Waals surface area contributed by atoms with Crippen LogP contribution in [0, 0.1) is 17.5 Å². The van der Waals surface area contributed by atoms with Crippen molar-refractivity contribution in [3.63, 3.8) is 0 Å². The monoisotopic (exact) mass is 560 g/mol. The van der Waals surface area contributed by atoms with Crippen LogP contribution in [-0.4, -0.2) is 45.2 Å². The highest BCUT2D eigenvalue weighted by Gasteiger charge is 2.20. The number of benzene rings is 2. The summed E-state index contributed by atoms with van der Waals surface area (Å²) in [4.78, 5) is 17.9. The molecule has 4 N–H and O–H groups in total.